The third kappa shape index (κ3) is 2.10. The molecule has 2 heterocycles. The van der Waals surface area contributed by atoms with Gasteiger partial charge in [0.25, 0.3) is 0 Å². The highest BCUT2D eigenvalue weighted by Crippen LogP contribution is 2.30. The van der Waals surface area contributed by atoms with E-state index in [0.717, 1.165) is 20.3 Å². The van der Waals surface area contributed by atoms with E-state index in [9.17, 15) is 15.5 Å². The van der Waals surface area contributed by atoms with Crippen LogP contribution in [0.2, 0.25) is 0 Å². The minimum absolute atomic E-state index is 0.0590. The van der Waals surface area contributed by atoms with Gasteiger partial charge in [0, 0.05) is 19.1 Å². The summed E-state index contributed by atoms with van der Waals surface area (Å²) in [5.41, 5.74) is 1.86. The summed E-state index contributed by atoms with van der Waals surface area (Å²) in [5, 5.41) is 33.4. The quantitative estimate of drug-likeness (QED) is 0.500. The van der Waals surface area contributed by atoms with E-state index in [-0.39, 0.29) is 11.6 Å². The minimum Gasteiger partial charge on any atom is -0.612 e. The normalized spacial score (nSPS) is 14.2. The largest absolute Gasteiger partial charge is 0.612 e. The molecule has 0 amide bonds. The lowest BCUT2D eigenvalue weighted by atomic mass is 10.1. The van der Waals surface area contributed by atoms with Crippen molar-refractivity contribution < 1.29 is 14.4 Å². The fourth-order valence-corrected chi connectivity index (χ4v) is 4.10. The molecule has 7 heteroatoms. The third-order valence-electron chi connectivity index (χ3n) is 2.90. The highest BCUT2D eigenvalue weighted by molar-refractivity contribution is 7.35. The molecule has 0 saturated carbocycles. The average Bonchev–Trinajstić information content (AvgIpc) is 2.93. The molecule has 1 aliphatic carbocycles. The van der Waals surface area contributed by atoms with Crippen LogP contribution >= 0.6 is 22.7 Å². The van der Waals surface area contributed by atoms with E-state index in [2.05, 4.69) is 0 Å². The molecule has 0 saturated heterocycles. The molecule has 0 atom stereocenters. The zero-order chi connectivity index (χ0) is 14.3. The Morgan fingerprint density at radius 3 is 2.55 bits per heavy atom. The molecule has 20 heavy (non-hydrogen) atoms. The van der Waals surface area contributed by atoms with Gasteiger partial charge in [0.2, 0.25) is 5.71 Å². The molecule has 0 aromatic carbocycles. The molecule has 0 unspecified atom stereocenters. The number of thiazole rings is 2. The molecule has 1 N–H and O–H groups in total. The summed E-state index contributed by atoms with van der Waals surface area (Å²) in [6.07, 6.45) is 8.07. The van der Waals surface area contributed by atoms with E-state index < -0.39 is 4.90 Å². The van der Waals surface area contributed by atoms with Gasteiger partial charge in [0.1, 0.15) is 4.88 Å². The van der Waals surface area contributed by atoms with Gasteiger partial charge in [-0.3, -0.25) is 0 Å². The van der Waals surface area contributed by atoms with Gasteiger partial charge in [-0.2, -0.15) is 4.90 Å². The van der Waals surface area contributed by atoms with Crippen LogP contribution in [0.5, 0.6) is 5.88 Å². The maximum atomic E-state index is 10.6. The van der Waals surface area contributed by atoms with E-state index in [1.54, 1.807) is 27.9 Å². The minimum atomic E-state index is -0.429. The first-order chi connectivity index (χ1) is 9.56. The Hall–Kier alpha value is -2.12. The van der Waals surface area contributed by atoms with Crippen molar-refractivity contribution in [1.29, 1.82) is 0 Å². The predicted octanol–water partition coefficient (Wildman–Crippen LogP) is 2.52. The summed E-state index contributed by atoms with van der Waals surface area (Å²) in [7, 11) is 0. The second kappa shape index (κ2) is 4.77. The number of aryl methyl sites for hydroxylation is 1. The number of aromatic hydroxyl groups is 1. The van der Waals surface area contributed by atoms with Gasteiger partial charge in [0.15, 0.2) is 5.69 Å². The molecule has 0 fully saturated rings. The summed E-state index contributed by atoms with van der Waals surface area (Å²) in [6.45, 7) is 1.94. The Morgan fingerprint density at radius 1 is 1.25 bits per heavy atom. The molecular weight excluding hydrogens is 296 g/mol. The standard InChI is InChI=1S/C13H10N2O3S2/c1-8-7-19-13-14(8)12(16)11(20-13)6-9-2-4-10(5-3-9)15(17)18/h2-7H,1H3,(H-,16,17,18). The Morgan fingerprint density at radius 2 is 1.95 bits per heavy atom. The number of hydrogen-bond acceptors (Lipinski definition) is 5. The van der Waals surface area contributed by atoms with Crippen molar-refractivity contribution in [2.24, 2.45) is 0 Å². The number of aromatic nitrogens is 1. The van der Waals surface area contributed by atoms with Gasteiger partial charge < -0.3 is 15.5 Å². The first kappa shape index (κ1) is 12.9. The molecule has 1 aliphatic rings. The highest BCUT2D eigenvalue weighted by atomic mass is 32.2. The smallest absolute Gasteiger partial charge is 0.391 e. The van der Waals surface area contributed by atoms with E-state index >= 15 is 0 Å². The Bertz CT molecular complexity index is 787. The van der Waals surface area contributed by atoms with Gasteiger partial charge in [-0.1, -0.05) is 11.3 Å². The van der Waals surface area contributed by atoms with Gasteiger partial charge in [-0.25, -0.2) is 0 Å². The van der Waals surface area contributed by atoms with Crippen molar-refractivity contribution >= 4 is 38.6 Å². The zero-order valence-electron chi connectivity index (χ0n) is 10.4. The molecule has 3 rings (SSSR count). The average molecular weight is 306 g/mol. The van der Waals surface area contributed by atoms with E-state index in [4.69, 9.17) is 0 Å². The summed E-state index contributed by atoms with van der Waals surface area (Å²) in [4.78, 5) is 0.315. The number of allylic oxidation sites excluding steroid dienone is 5. The van der Waals surface area contributed by atoms with Crippen molar-refractivity contribution in [1.82, 2.24) is 0 Å². The van der Waals surface area contributed by atoms with Crippen LogP contribution in [0.15, 0.2) is 35.3 Å². The maximum absolute atomic E-state index is 10.6. The molecule has 0 spiro atoms. The fraction of sp³-hybridized carbons (Fsp3) is 0.0769. The van der Waals surface area contributed by atoms with Gasteiger partial charge >= 0.3 is 10.0 Å². The molecule has 0 bridgehead atoms. The number of rotatable bonds is 1. The number of nitrogens with zero attached hydrogens (tertiary/aromatic N) is 2. The van der Waals surface area contributed by atoms with Crippen molar-refractivity contribution in [3.05, 3.63) is 56.2 Å². The number of hydrogen-bond donors (Lipinski definition) is 1. The molecule has 2 aromatic rings. The van der Waals surface area contributed by atoms with Gasteiger partial charge in [-0.15, -0.1) is 4.40 Å². The molecule has 102 valence electrons. The third-order valence-corrected chi connectivity index (χ3v) is 5.16. The Kier molecular flexibility index (Phi) is 3.07. The topological polar surface area (TPSA) is 73.5 Å². The lowest BCUT2D eigenvalue weighted by Gasteiger charge is -2.07. The van der Waals surface area contributed by atoms with E-state index in [0.29, 0.717) is 0 Å². The Labute approximate surface area is 122 Å². The van der Waals surface area contributed by atoms with Crippen LogP contribution in [0.3, 0.4) is 0 Å². The van der Waals surface area contributed by atoms with Crippen LogP contribution in [0.25, 0.3) is 10.2 Å². The molecular formula is C13H10N2O3S2. The molecule has 2 aromatic heterocycles. The lowest BCUT2D eigenvalue weighted by molar-refractivity contribution is -0.521. The molecule has 0 radical (unpaired) electrons. The van der Waals surface area contributed by atoms with E-state index in [1.165, 1.54) is 23.5 Å². The molecule has 5 nitrogen and oxygen atoms in total. The Balaban J connectivity index is 2.00. The second-order valence-electron chi connectivity index (χ2n) is 4.26. The second-order valence-corrected chi connectivity index (χ2v) is 6.41. The predicted molar refractivity (Wildman–Crippen MR) is 80.0 cm³/mol. The van der Waals surface area contributed by atoms with Gasteiger partial charge in [0.05, 0.1) is 5.38 Å². The lowest BCUT2D eigenvalue weighted by Crippen LogP contribution is -2.18. The van der Waals surface area contributed by atoms with E-state index in [1.807, 2.05) is 18.4 Å². The van der Waals surface area contributed by atoms with Crippen molar-refractivity contribution in [3.8, 4) is 5.88 Å². The fourth-order valence-electron chi connectivity index (χ4n) is 1.90. The number of fused-ring (bicyclic) bond motifs is 1. The summed E-state index contributed by atoms with van der Waals surface area (Å²) in [6, 6.07) is 0. The highest BCUT2D eigenvalue weighted by Gasteiger charge is 2.23. The van der Waals surface area contributed by atoms with Crippen LogP contribution < -0.4 is 4.40 Å². The summed E-state index contributed by atoms with van der Waals surface area (Å²) in [5.74, 6) is 0.210. The van der Waals surface area contributed by atoms with Crippen LogP contribution in [0.1, 0.15) is 10.6 Å². The molecule has 0 aliphatic heterocycles. The van der Waals surface area contributed by atoms with Crippen molar-refractivity contribution in [3.63, 3.8) is 0 Å². The van der Waals surface area contributed by atoms with Crippen LogP contribution in [-0.2, 0) is 0 Å². The first-order valence-corrected chi connectivity index (χ1v) is 7.46. The van der Waals surface area contributed by atoms with Crippen molar-refractivity contribution in [2.45, 2.75) is 6.92 Å². The SMILES string of the molecule is Cc1csc2sc(C=C3C=CC(=[N+]([O-])[O-])C=C3)c(O)[n+]12. The first-order valence-electron chi connectivity index (χ1n) is 5.77. The summed E-state index contributed by atoms with van der Waals surface area (Å²) >= 11 is 3.07. The van der Waals surface area contributed by atoms with Crippen LogP contribution in [0, 0.1) is 17.3 Å². The van der Waals surface area contributed by atoms with Gasteiger partial charge in [-0.05, 0) is 35.1 Å². The summed E-state index contributed by atoms with van der Waals surface area (Å²) < 4.78 is 2.81. The van der Waals surface area contributed by atoms with Crippen molar-refractivity contribution in [2.75, 3.05) is 0 Å². The van der Waals surface area contributed by atoms with Crippen LogP contribution in [-0.4, -0.2) is 15.7 Å². The van der Waals surface area contributed by atoms with Crippen LogP contribution in [0.4, 0.5) is 0 Å². The maximum Gasteiger partial charge on any atom is 0.391 e. The zero-order valence-corrected chi connectivity index (χ0v) is 12.1. The monoisotopic (exact) mass is 306 g/mol.